The summed E-state index contributed by atoms with van der Waals surface area (Å²) in [4.78, 5) is 36.4. The Morgan fingerprint density at radius 3 is 2.35 bits per heavy atom. The molecule has 1 aromatic heterocycles. The molecule has 3 aromatic rings. The van der Waals surface area contributed by atoms with Gasteiger partial charge < -0.3 is 14.5 Å². The van der Waals surface area contributed by atoms with Crippen LogP contribution in [0.15, 0.2) is 62.6 Å². The number of benzene rings is 2. The number of hydrogen-bond acceptors (Lipinski definition) is 7. The van der Waals surface area contributed by atoms with Crippen molar-refractivity contribution in [2.24, 2.45) is 0 Å². The van der Waals surface area contributed by atoms with Crippen LogP contribution in [-0.2, 0) is 26.2 Å². The van der Waals surface area contributed by atoms with E-state index in [-0.39, 0.29) is 17.1 Å². The molecule has 0 fully saturated rings. The maximum absolute atomic E-state index is 12.5. The highest BCUT2D eigenvalue weighted by Gasteiger charge is 2.21. The Labute approximate surface area is 197 Å². The minimum absolute atomic E-state index is 0.0851. The third-order valence-corrected chi connectivity index (χ3v) is 7.29. The lowest BCUT2D eigenvalue weighted by atomic mass is 10.1. The molecule has 0 saturated carbocycles. The normalized spacial score (nSPS) is 11.5. The maximum atomic E-state index is 12.5. The molecular formula is C24H26N2O7S. The first-order chi connectivity index (χ1) is 16.1. The summed E-state index contributed by atoms with van der Waals surface area (Å²) in [6.45, 7) is 5.50. The number of ether oxygens (including phenoxy) is 1. The molecule has 0 radical (unpaired) electrons. The molecule has 34 heavy (non-hydrogen) atoms. The van der Waals surface area contributed by atoms with Crippen molar-refractivity contribution < 1.29 is 27.2 Å². The van der Waals surface area contributed by atoms with E-state index in [1.807, 2.05) is 13.0 Å². The smallest absolute Gasteiger partial charge is 0.336 e. The van der Waals surface area contributed by atoms with Crippen molar-refractivity contribution in [1.82, 2.24) is 9.62 Å². The molecule has 0 spiro atoms. The van der Waals surface area contributed by atoms with E-state index in [1.54, 1.807) is 26.0 Å². The number of esters is 1. The summed E-state index contributed by atoms with van der Waals surface area (Å²) >= 11 is 0. The third kappa shape index (κ3) is 5.70. The summed E-state index contributed by atoms with van der Waals surface area (Å²) in [6, 6.07) is 12.1. The van der Waals surface area contributed by atoms with Gasteiger partial charge in [0.05, 0.1) is 4.90 Å². The van der Waals surface area contributed by atoms with E-state index in [0.29, 0.717) is 29.6 Å². The predicted octanol–water partition coefficient (Wildman–Crippen LogP) is 2.61. The molecular weight excluding hydrogens is 460 g/mol. The fourth-order valence-corrected chi connectivity index (χ4v) is 4.87. The molecule has 0 aliphatic carbocycles. The van der Waals surface area contributed by atoms with Gasteiger partial charge in [-0.3, -0.25) is 9.59 Å². The Morgan fingerprint density at radius 1 is 1.03 bits per heavy atom. The first kappa shape index (κ1) is 25.1. The summed E-state index contributed by atoms with van der Waals surface area (Å²) in [5, 5.41) is 3.10. The number of aryl methyl sites for hydroxylation is 1. The molecule has 180 valence electrons. The van der Waals surface area contributed by atoms with Crippen LogP contribution in [0.25, 0.3) is 11.0 Å². The standard InChI is InChI=1S/C24H26N2O7S/c1-4-26(5-2)34(30,31)19-9-7-17(8-10-19)24(29)25-14-23(28)32-15-18-13-22(27)33-21-12-16(3)6-11-20(18)21/h6-13H,4-5,14-15H2,1-3H3,(H,25,29). The van der Waals surface area contributed by atoms with Crippen molar-refractivity contribution >= 4 is 32.9 Å². The SMILES string of the molecule is CCN(CC)S(=O)(=O)c1ccc(C(=O)NCC(=O)OCc2cc(=O)oc3cc(C)ccc23)cc1. The molecule has 1 heterocycles. The van der Waals surface area contributed by atoms with Crippen LogP contribution in [0.4, 0.5) is 0 Å². The van der Waals surface area contributed by atoms with Crippen LogP contribution < -0.4 is 10.9 Å². The zero-order valence-electron chi connectivity index (χ0n) is 19.2. The van der Waals surface area contributed by atoms with Crippen LogP contribution in [0.5, 0.6) is 0 Å². The van der Waals surface area contributed by atoms with E-state index in [0.717, 1.165) is 5.56 Å². The molecule has 1 amide bonds. The van der Waals surface area contributed by atoms with Crippen molar-refractivity contribution in [1.29, 1.82) is 0 Å². The van der Waals surface area contributed by atoms with E-state index in [1.165, 1.54) is 34.6 Å². The van der Waals surface area contributed by atoms with Gasteiger partial charge in [-0.05, 0) is 42.8 Å². The highest BCUT2D eigenvalue weighted by molar-refractivity contribution is 7.89. The Bertz CT molecular complexity index is 1360. The van der Waals surface area contributed by atoms with Gasteiger partial charge in [0.2, 0.25) is 10.0 Å². The minimum atomic E-state index is -3.63. The maximum Gasteiger partial charge on any atom is 0.336 e. The Kier molecular flexibility index (Phi) is 7.85. The van der Waals surface area contributed by atoms with E-state index < -0.39 is 34.1 Å². The average molecular weight is 487 g/mol. The lowest BCUT2D eigenvalue weighted by Gasteiger charge is -2.18. The summed E-state index contributed by atoms with van der Waals surface area (Å²) in [7, 11) is -3.63. The van der Waals surface area contributed by atoms with Gasteiger partial charge in [-0.15, -0.1) is 0 Å². The lowest BCUT2D eigenvalue weighted by Crippen LogP contribution is -2.31. The van der Waals surface area contributed by atoms with Gasteiger partial charge in [0, 0.05) is 35.7 Å². The first-order valence-electron chi connectivity index (χ1n) is 10.7. The van der Waals surface area contributed by atoms with E-state index in [4.69, 9.17) is 9.15 Å². The fraction of sp³-hybridized carbons (Fsp3) is 0.292. The van der Waals surface area contributed by atoms with Gasteiger partial charge in [-0.2, -0.15) is 4.31 Å². The molecule has 0 aliphatic rings. The molecule has 0 aliphatic heterocycles. The van der Waals surface area contributed by atoms with Crippen molar-refractivity contribution in [2.75, 3.05) is 19.6 Å². The van der Waals surface area contributed by atoms with Crippen LogP contribution in [0, 0.1) is 6.92 Å². The number of nitrogens with zero attached hydrogens (tertiary/aromatic N) is 1. The molecule has 0 saturated heterocycles. The third-order valence-electron chi connectivity index (χ3n) is 5.23. The average Bonchev–Trinajstić information content (AvgIpc) is 2.81. The fourth-order valence-electron chi connectivity index (χ4n) is 3.41. The zero-order valence-corrected chi connectivity index (χ0v) is 20.0. The Hall–Kier alpha value is -3.50. The Balaban J connectivity index is 1.59. The Morgan fingerprint density at radius 2 is 1.71 bits per heavy atom. The monoisotopic (exact) mass is 486 g/mol. The second kappa shape index (κ2) is 10.6. The van der Waals surface area contributed by atoms with Crippen LogP contribution in [0.2, 0.25) is 0 Å². The zero-order chi connectivity index (χ0) is 24.9. The highest BCUT2D eigenvalue weighted by Crippen LogP contribution is 2.19. The second-order valence-corrected chi connectivity index (χ2v) is 9.49. The highest BCUT2D eigenvalue weighted by atomic mass is 32.2. The van der Waals surface area contributed by atoms with Crippen LogP contribution >= 0.6 is 0 Å². The first-order valence-corrected chi connectivity index (χ1v) is 12.2. The van der Waals surface area contributed by atoms with Gasteiger partial charge >= 0.3 is 11.6 Å². The predicted molar refractivity (Wildman–Crippen MR) is 126 cm³/mol. The number of sulfonamides is 1. The van der Waals surface area contributed by atoms with Gasteiger partial charge in [-0.25, -0.2) is 13.2 Å². The number of carbonyl (C=O) groups excluding carboxylic acids is 2. The van der Waals surface area contributed by atoms with E-state index >= 15 is 0 Å². The van der Waals surface area contributed by atoms with Gasteiger partial charge in [-0.1, -0.05) is 26.0 Å². The van der Waals surface area contributed by atoms with Crippen molar-refractivity contribution in [3.05, 3.63) is 75.6 Å². The summed E-state index contributed by atoms with van der Waals surface area (Å²) in [6.07, 6.45) is 0. The summed E-state index contributed by atoms with van der Waals surface area (Å²) in [5.41, 5.74) is 1.47. The quantitative estimate of drug-likeness (QED) is 0.364. The molecule has 0 atom stereocenters. The van der Waals surface area contributed by atoms with E-state index in [2.05, 4.69) is 5.32 Å². The van der Waals surface area contributed by atoms with Crippen LogP contribution in [0.1, 0.15) is 35.3 Å². The molecule has 1 N–H and O–H groups in total. The van der Waals surface area contributed by atoms with Gasteiger partial charge in [0.25, 0.3) is 5.91 Å². The van der Waals surface area contributed by atoms with Crippen molar-refractivity contribution in [3.63, 3.8) is 0 Å². The molecule has 0 unspecified atom stereocenters. The topological polar surface area (TPSA) is 123 Å². The molecule has 0 bridgehead atoms. The number of rotatable bonds is 9. The molecule has 2 aromatic carbocycles. The van der Waals surface area contributed by atoms with Crippen molar-refractivity contribution in [3.8, 4) is 0 Å². The van der Waals surface area contributed by atoms with Crippen LogP contribution in [-0.4, -0.2) is 44.2 Å². The molecule has 10 heteroatoms. The van der Waals surface area contributed by atoms with Crippen molar-refractivity contribution in [2.45, 2.75) is 32.3 Å². The summed E-state index contributed by atoms with van der Waals surface area (Å²) < 4.78 is 36.8. The molecule has 9 nitrogen and oxygen atoms in total. The largest absolute Gasteiger partial charge is 0.459 e. The minimum Gasteiger partial charge on any atom is -0.459 e. The number of fused-ring (bicyclic) bond motifs is 1. The van der Waals surface area contributed by atoms with Gasteiger partial charge in [0.15, 0.2) is 0 Å². The lowest BCUT2D eigenvalue weighted by molar-refractivity contribution is -0.143. The van der Waals surface area contributed by atoms with Crippen LogP contribution in [0.3, 0.4) is 0 Å². The number of amides is 1. The number of hydrogen-bond donors (Lipinski definition) is 1. The number of carbonyl (C=O) groups is 2. The second-order valence-electron chi connectivity index (χ2n) is 7.55. The number of nitrogens with one attached hydrogen (secondary N) is 1. The van der Waals surface area contributed by atoms with Gasteiger partial charge in [0.1, 0.15) is 18.7 Å². The summed E-state index contributed by atoms with van der Waals surface area (Å²) in [5.74, 6) is -1.24. The van der Waals surface area contributed by atoms with E-state index in [9.17, 15) is 22.8 Å². The molecule has 3 rings (SSSR count).